The van der Waals surface area contributed by atoms with Gasteiger partial charge in [0, 0.05) is 24.6 Å². The molecule has 0 aliphatic rings. The van der Waals surface area contributed by atoms with Crippen molar-refractivity contribution in [2.75, 3.05) is 11.4 Å². The van der Waals surface area contributed by atoms with Gasteiger partial charge in [-0.25, -0.2) is 0 Å². The number of hydrogen-bond donors (Lipinski definition) is 1. The fourth-order valence-electron chi connectivity index (χ4n) is 1.80. The van der Waals surface area contributed by atoms with Gasteiger partial charge in [-0.05, 0) is 25.5 Å². The van der Waals surface area contributed by atoms with Crippen molar-refractivity contribution in [1.29, 1.82) is 0 Å². The van der Waals surface area contributed by atoms with E-state index in [1.54, 1.807) is 11.8 Å². The Labute approximate surface area is 107 Å². The third kappa shape index (κ3) is 3.87. The summed E-state index contributed by atoms with van der Waals surface area (Å²) in [5.41, 5.74) is 0.854. The number of nitrogens with zero attached hydrogens (tertiary/aromatic N) is 1. The van der Waals surface area contributed by atoms with E-state index < -0.39 is 5.97 Å². The molecule has 98 valence electrons. The number of carboxylic acid groups (broad SMARTS) is 1. The number of para-hydroxylation sites is 1. The Bertz CT molecular complexity index is 403. The maximum Gasteiger partial charge on any atom is 0.303 e. The molecule has 0 heterocycles. The van der Waals surface area contributed by atoms with Crippen molar-refractivity contribution in [1.82, 2.24) is 0 Å². The molecular formula is C14H19NO3. The normalized spacial score (nSPS) is 11.9. The monoisotopic (exact) mass is 249 g/mol. The van der Waals surface area contributed by atoms with Crippen molar-refractivity contribution < 1.29 is 14.7 Å². The van der Waals surface area contributed by atoms with Crippen molar-refractivity contribution in [3.63, 3.8) is 0 Å². The van der Waals surface area contributed by atoms with E-state index in [1.807, 2.05) is 37.3 Å². The summed E-state index contributed by atoms with van der Waals surface area (Å²) in [4.78, 5) is 24.4. The minimum Gasteiger partial charge on any atom is -0.481 e. The number of anilines is 1. The Morgan fingerprint density at radius 1 is 1.28 bits per heavy atom. The maximum absolute atomic E-state index is 12.2. The highest BCUT2D eigenvalue weighted by Gasteiger charge is 2.21. The summed E-state index contributed by atoms with van der Waals surface area (Å²) in [6.45, 7) is 4.27. The van der Waals surface area contributed by atoms with Gasteiger partial charge in [0.25, 0.3) is 0 Å². The molecule has 1 unspecified atom stereocenters. The quantitative estimate of drug-likeness (QED) is 0.842. The Balaban J connectivity index is 2.71. The first-order chi connectivity index (χ1) is 8.56. The van der Waals surface area contributed by atoms with E-state index >= 15 is 0 Å². The van der Waals surface area contributed by atoms with Crippen LogP contribution in [0.25, 0.3) is 0 Å². The average molecular weight is 249 g/mol. The molecule has 0 radical (unpaired) electrons. The highest BCUT2D eigenvalue weighted by Crippen LogP contribution is 2.18. The third-order valence-corrected chi connectivity index (χ3v) is 2.86. The van der Waals surface area contributed by atoms with Gasteiger partial charge in [-0.15, -0.1) is 0 Å². The van der Waals surface area contributed by atoms with Crippen molar-refractivity contribution >= 4 is 17.6 Å². The summed E-state index contributed by atoms with van der Waals surface area (Å²) in [6, 6.07) is 9.42. The molecule has 1 amide bonds. The van der Waals surface area contributed by atoms with Crippen LogP contribution in [0.5, 0.6) is 0 Å². The van der Waals surface area contributed by atoms with Crippen molar-refractivity contribution in [2.24, 2.45) is 5.92 Å². The van der Waals surface area contributed by atoms with Crippen LogP contribution in [0.1, 0.15) is 26.7 Å². The van der Waals surface area contributed by atoms with Crippen LogP contribution in [0.3, 0.4) is 0 Å². The zero-order valence-corrected chi connectivity index (χ0v) is 10.8. The molecule has 0 saturated carbocycles. The summed E-state index contributed by atoms with van der Waals surface area (Å²) in [5.74, 6) is -1.16. The highest BCUT2D eigenvalue weighted by atomic mass is 16.4. The second-order valence-electron chi connectivity index (χ2n) is 4.25. The Hall–Kier alpha value is -1.84. The van der Waals surface area contributed by atoms with E-state index in [1.165, 1.54) is 0 Å². The van der Waals surface area contributed by atoms with E-state index in [0.717, 1.165) is 5.69 Å². The van der Waals surface area contributed by atoms with Gasteiger partial charge in [0.15, 0.2) is 0 Å². The number of amides is 1. The van der Waals surface area contributed by atoms with Crippen LogP contribution in [-0.4, -0.2) is 23.5 Å². The molecule has 0 aliphatic heterocycles. The van der Waals surface area contributed by atoms with Crippen LogP contribution < -0.4 is 4.90 Å². The fourth-order valence-corrected chi connectivity index (χ4v) is 1.80. The van der Waals surface area contributed by atoms with E-state index in [-0.39, 0.29) is 18.2 Å². The summed E-state index contributed by atoms with van der Waals surface area (Å²) in [7, 11) is 0. The second kappa shape index (κ2) is 6.79. The smallest absolute Gasteiger partial charge is 0.303 e. The van der Waals surface area contributed by atoms with E-state index in [0.29, 0.717) is 13.0 Å². The lowest BCUT2D eigenvalue weighted by Gasteiger charge is -2.24. The molecule has 0 bridgehead atoms. The van der Waals surface area contributed by atoms with Crippen LogP contribution in [0, 0.1) is 5.92 Å². The first-order valence-corrected chi connectivity index (χ1v) is 6.14. The molecule has 1 atom stereocenters. The molecule has 18 heavy (non-hydrogen) atoms. The molecule has 4 nitrogen and oxygen atoms in total. The largest absolute Gasteiger partial charge is 0.481 e. The SMILES string of the molecule is CCN(C(=O)C(C)CCC(=O)O)c1ccccc1. The molecule has 1 N–H and O–H groups in total. The number of aliphatic carboxylic acids is 1. The van der Waals surface area contributed by atoms with Crippen LogP contribution in [0.15, 0.2) is 30.3 Å². The predicted octanol–water partition coefficient (Wildman–Crippen LogP) is 2.54. The van der Waals surface area contributed by atoms with Gasteiger partial charge in [-0.1, -0.05) is 25.1 Å². The van der Waals surface area contributed by atoms with E-state index in [4.69, 9.17) is 5.11 Å². The topological polar surface area (TPSA) is 57.6 Å². The molecule has 0 saturated heterocycles. The first-order valence-electron chi connectivity index (χ1n) is 6.14. The molecule has 1 rings (SSSR count). The van der Waals surface area contributed by atoms with Crippen LogP contribution in [0.2, 0.25) is 0 Å². The summed E-state index contributed by atoms with van der Waals surface area (Å²) < 4.78 is 0. The van der Waals surface area contributed by atoms with Gasteiger partial charge in [-0.2, -0.15) is 0 Å². The number of rotatable bonds is 6. The maximum atomic E-state index is 12.2. The van der Waals surface area contributed by atoms with Gasteiger partial charge in [0.05, 0.1) is 0 Å². The van der Waals surface area contributed by atoms with E-state index in [9.17, 15) is 9.59 Å². The number of carbonyl (C=O) groups is 2. The number of carboxylic acids is 1. The molecule has 4 heteroatoms. The van der Waals surface area contributed by atoms with Gasteiger partial charge in [-0.3, -0.25) is 9.59 Å². The zero-order valence-electron chi connectivity index (χ0n) is 10.8. The van der Waals surface area contributed by atoms with Crippen LogP contribution in [0.4, 0.5) is 5.69 Å². The van der Waals surface area contributed by atoms with Gasteiger partial charge in [0.2, 0.25) is 5.91 Å². The first kappa shape index (κ1) is 14.2. The number of benzene rings is 1. The third-order valence-electron chi connectivity index (χ3n) is 2.86. The van der Waals surface area contributed by atoms with Crippen molar-refractivity contribution in [3.8, 4) is 0 Å². The number of hydrogen-bond acceptors (Lipinski definition) is 2. The lowest BCUT2D eigenvalue weighted by Crippen LogP contribution is -2.35. The Morgan fingerprint density at radius 3 is 2.39 bits per heavy atom. The molecule has 0 aliphatic carbocycles. The second-order valence-corrected chi connectivity index (χ2v) is 4.25. The van der Waals surface area contributed by atoms with E-state index in [2.05, 4.69) is 0 Å². The predicted molar refractivity (Wildman–Crippen MR) is 70.5 cm³/mol. The Morgan fingerprint density at radius 2 is 1.89 bits per heavy atom. The summed E-state index contributed by atoms with van der Waals surface area (Å²) in [5, 5.41) is 8.63. The molecular weight excluding hydrogens is 230 g/mol. The molecule has 0 spiro atoms. The molecule has 1 aromatic carbocycles. The highest BCUT2D eigenvalue weighted by molar-refractivity contribution is 5.94. The molecule has 0 aromatic heterocycles. The number of carbonyl (C=O) groups excluding carboxylic acids is 1. The summed E-state index contributed by atoms with van der Waals surface area (Å²) >= 11 is 0. The minimum atomic E-state index is -0.864. The van der Waals surface area contributed by atoms with Crippen molar-refractivity contribution in [2.45, 2.75) is 26.7 Å². The lowest BCUT2D eigenvalue weighted by atomic mass is 10.0. The summed E-state index contributed by atoms with van der Waals surface area (Å²) in [6.07, 6.45) is 0.400. The average Bonchev–Trinajstić information content (AvgIpc) is 2.38. The lowest BCUT2D eigenvalue weighted by molar-refractivity contribution is -0.137. The molecule has 0 fully saturated rings. The van der Waals surface area contributed by atoms with Gasteiger partial charge >= 0.3 is 5.97 Å². The van der Waals surface area contributed by atoms with Crippen LogP contribution >= 0.6 is 0 Å². The minimum absolute atomic E-state index is 0.0232. The Kier molecular flexibility index (Phi) is 5.36. The fraction of sp³-hybridized carbons (Fsp3) is 0.429. The van der Waals surface area contributed by atoms with Crippen LogP contribution in [-0.2, 0) is 9.59 Å². The zero-order chi connectivity index (χ0) is 13.5. The van der Waals surface area contributed by atoms with Gasteiger partial charge < -0.3 is 10.0 Å². The van der Waals surface area contributed by atoms with Gasteiger partial charge in [0.1, 0.15) is 0 Å². The standard InChI is InChI=1S/C14H19NO3/c1-3-15(12-7-5-4-6-8-12)14(18)11(2)9-10-13(16)17/h4-8,11H,3,9-10H2,1-2H3,(H,16,17). The molecule has 1 aromatic rings. The van der Waals surface area contributed by atoms with Crippen molar-refractivity contribution in [3.05, 3.63) is 30.3 Å².